The smallest absolute Gasteiger partial charge is 0.269 e. The van der Waals surface area contributed by atoms with Crippen molar-refractivity contribution in [2.75, 3.05) is 11.9 Å². The SMILES string of the molecule is O=C(CCN1C(=O)c2ccccc2C1=O)Nc1nc(-c2ccc([N+](=O)[O-])cc2)cs1. The predicted octanol–water partition coefficient (Wildman–Crippen LogP) is 3.34. The Morgan fingerprint density at radius 1 is 1.07 bits per heavy atom. The minimum absolute atomic E-state index is 0.0179. The number of imide groups is 1. The second kappa shape index (κ2) is 7.84. The molecule has 30 heavy (non-hydrogen) atoms. The van der Waals surface area contributed by atoms with Gasteiger partial charge >= 0.3 is 0 Å². The number of hydrogen-bond acceptors (Lipinski definition) is 7. The number of aromatic nitrogens is 1. The minimum Gasteiger partial charge on any atom is -0.302 e. The summed E-state index contributed by atoms with van der Waals surface area (Å²) in [5.74, 6) is -1.19. The molecule has 0 saturated heterocycles. The Morgan fingerprint density at radius 2 is 1.70 bits per heavy atom. The van der Waals surface area contributed by atoms with Crippen molar-refractivity contribution in [2.45, 2.75) is 6.42 Å². The van der Waals surface area contributed by atoms with Gasteiger partial charge in [0.1, 0.15) is 0 Å². The van der Waals surface area contributed by atoms with Crippen molar-refractivity contribution in [2.24, 2.45) is 0 Å². The number of rotatable bonds is 6. The molecule has 0 fully saturated rings. The largest absolute Gasteiger partial charge is 0.302 e. The number of fused-ring (bicyclic) bond motifs is 1. The zero-order valence-corrected chi connectivity index (χ0v) is 16.2. The monoisotopic (exact) mass is 422 g/mol. The van der Waals surface area contributed by atoms with Crippen LogP contribution in [-0.2, 0) is 4.79 Å². The number of nitrogens with one attached hydrogen (secondary N) is 1. The summed E-state index contributed by atoms with van der Waals surface area (Å²) < 4.78 is 0. The van der Waals surface area contributed by atoms with Gasteiger partial charge in [-0.15, -0.1) is 11.3 Å². The van der Waals surface area contributed by atoms with Crippen molar-refractivity contribution in [1.82, 2.24) is 9.88 Å². The lowest BCUT2D eigenvalue weighted by atomic mass is 10.1. The van der Waals surface area contributed by atoms with E-state index in [0.29, 0.717) is 27.5 Å². The molecule has 0 unspecified atom stereocenters. The van der Waals surface area contributed by atoms with E-state index in [1.54, 1.807) is 41.8 Å². The molecular formula is C20H14N4O5S. The van der Waals surface area contributed by atoms with Gasteiger partial charge in [0.05, 0.1) is 21.7 Å². The third-order valence-electron chi connectivity index (χ3n) is 4.57. The molecule has 3 aromatic rings. The molecule has 0 saturated carbocycles. The number of anilines is 1. The van der Waals surface area contributed by atoms with Crippen LogP contribution in [0.25, 0.3) is 11.3 Å². The Kier molecular flexibility index (Phi) is 5.07. The van der Waals surface area contributed by atoms with Crippen molar-refractivity contribution in [1.29, 1.82) is 0 Å². The van der Waals surface area contributed by atoms with Gasteiger partial charge in [0.15, 0.2) is 5.13 Å². The fourth-order valence-electron chi connectivity index (χ4n) is 3.05. The van der Waals surface area contributed by atoms with Crippen LogP contribution < -0.4 is 5.32 Å². The topological polar surface area (TPSA) is 123 Å². The number of amides is 3. The van der Waals surface area contributed by atoms with E-state index in [9.17, 15) is 24.5 Å². The average molecular weight is 422 g/mol. The second-order valence-corrected chi connectivity index (χ2v) is 7.31. The summed E-state index contributed by atoms with van der Waals surface area (Å²) in [4.78, 5) is 52.5. The quantitative estimate of drug-likeness (QED) is 0.369. The molecule has 3 amide bonds. The van der Waals surface area contributed by atoms with Gasteiger partial charge in [-0.05, 0) is 24.3 Å². The van der Waals surface area contributed by atoms with Gasteiger partial charge in [-0.1, -0.05) is 12.1 Å². The van der Waals surface area contributed by atoms with Crippen molar-refractivity contribution < 1.29 is 19.3 Å². The van der Waals surface area contributed by atoms with Gasteiger partial charge in [0.25, 0.3) is 17.5 Å². The number of carbonyl (C=O) groups is 3. The van der Waals surface area contributed by atoms with Crippen LogP contribution in [0.5, 0.6) is 0 Å². The molecule has 0 spiro atoms. The van der Waals surface area contributed by atoms with Gasteiger partial charge in [0, 0.05) is 36.0 Å². The van der Waals surface area contributed by atoms with Crippen molar-refractivity contribution in [3.8, 4) is 11.3 Å². The van der Waals surface area contributed by atoms with E-state index >= 15 is 0 Å². The highest BCUT2D eigenvalue weighted by Gasteiger charge is 2.34. The molecule has 150 valence electrons. The van der Waals surface area contributed by atoms with Crippen LogP contribution in [0.4, 0.5) is 10.8 Å². The van der Waals surface area contributed by atoms with Crippen molar-refractivity contribution in [3.05, 3.63) is 75.2 Å². The number of non-ortho nitro benzene ring substituents is 1. The van der Waals surface area contributed by atoms with Crippen LogP contribution in [0, 0.1) is 10.1 Å². The van der Waals surface area contributed by atoms with Gasteiger partial charge in [0.2, 0.25) is 5.91 Å². The summed E-state index contributed by atoms with van der Waals surface area (Å²) in [6.45, 7) is -0.0290. The van der Waals surface area contributed by atoms with E-state index in [0.717, 1.165) is 4.90 Å². The zero-order chi connectivity index (χ0) is 21.3. The van der Waals surface area contributed by atoms with Crippen LogP contribution in [0.15, 0.2) is 53.9 Å². The first-order chi connectivity index (χ1) is 14.4. The molecule has 1 aliphatic rings. The lowest BCUT2D eigenvalue weighted by Gasteiger charge is -2.12. The fourth-order valence-corrected chi connectivity index (χ4v) is 3.79. The summed E-state index contributed by atoms with van der Waals surface area (Å²) in [6, 6.07) is 12.5. The van der Waals surface area contributed by atoms with Crippen LogP contribution in [0.1, 0.15) is 27.1 Å². The second-order valence-electron chi connectivity index (χ2n) is 6.45. The number of benzene rings is 2. The number of thiazole rings is 1. The van der Waals surface area contributed by atoms with Crippen LogP contribution >= 0.6 is 11.3 Å². The van der Waals surface area contributed by atoms with Gasteiger partial charge in [-0.2, -0.15) is 0 Å². The normalized spacial score (nSPS) is 12.7. The molecule has 0 radical (unpaired) electrons. The molecule has 10 heteroatoms. The first-order valence-corrected chi connectivity index (χ1v) is 9.77. The lowest BCUT2D eigenvalue weighted by Crippen LogP contribution is -2.32. The highest BCUT2D eigenvalue weighted by Crippen LogP contribution is 2.27. The van der Waals surface area contributed by atoms with Gasteiger partial charge in [-0.3, -0.25) is 29.4 Å². The van der Waals surface area contributed by atoms with Gasteiger partial charge in [-0.25, -0.2) is 4.98 Å². The highest BCUT2D eigenvalue weighted by molar-refractivity contribution is 7.14. The Hall–Kier alpha value is -3.92. The molecule has 1 N–H and O–H groups in total. The van der Waals surface area contributed by atoms with Crippen molar-refractivity contribution >= 4 is 39.9 Å². The summed E-state index contributed by atoms with van der Waals surface area (Å²) in [6.07, 6.45) is -0.0576. The highest BCUT2D eigenvalue weighted by atomic mass is 32.1. The number of nitro groups is 1. The molecule has 0 aliphatic carbocycles. The fraction of sp³-hybridized carbons (Fsp3) is 0.100. The van der Waals surface area contributed by atoms with Crippen LogP contribution in [-0.4, -0.2) is 39.1 Å². The standard InChI is InChI=1S/C20H14N4O5S/c25-17(9-10-23-18(26)14-3-1-2-4-15(14)19(23)27)22-20-21-16(11-30-20)12-5-7-13(8-6-12)24(28)29/h1-8,11H,9-10H2,(H,21,22,25). The van der Waals surface area contributed by atoms with E-state index in [2.05, 4.69) is 10.3 Å². The minimum atomic E-state index is -0.481. The Labute approximate surface area is 174 Å². The van der Waals surface area contributed by atoms with Gasteiger partial charge < -0.3 is 5.32 Å². The zero-order valence-electron chi connectivity index (χ0n) is 15.4. The third-order valence-corrected chi connectivity index (χ3v) is 5.32. The number of hydrogen-bond donors (Lipinski definition) is 1. The molecule has 1 aromatic heterocycles. The Balaban J connectivity index is 1.36. The number of nitrogens with zero attached hydrogens (tertiary/aromatic N) is 3. The Morgan fingerprint density at radius 3 is 2.30 bits per heavy atom. The van der Waals surface area contributed by atoms with E-state index < -0.39 is 16.7 Å². The summed E-state index contributed by atoms with van der Waals surface area (Å²) in [5.41, 5.74) is 1.93. The molecule has 4 rings (SSSR count). The number of nitro benzene ring substituents is 1. The first-order valence-electron chi connectivity index (χ1n) is 8.89. The molecule has 1 aliphatic heterocycles. The maximum Gasteiger partial charge on any atom is 0.269 e. The maximum atomic E-state index is 12.3. The van der Waals surface area contributed by atoms with E-state index in [1.807, 2.05) is 0 Å². The summed E-state index contributed by atoms with van der Waals surface area (Å²) in [7, 11) is 0. The molecule has 2 aromatic carbocycles. The third kappa shape index (κ3) is 3.67. The lowest BCUT2D eigenvalue weighted by molar-refractivity contribution is -0.384. The summed E-state index contributed by atoms with van der Waals surface area (Å²) in [5, 5.41) is 15.5. The predicted molar refractivity (Wildman–Crippen MR) is 109 cm³/mol. The van der Waals surface area contributed by atoms with Crippen molar-refractivity contribution in [3.63, 3.8) is 0 Å². The van der Waals surface area contributed by atoms with E-state index in [4.69, 9.17) is 0 Å². The molecule has 0 bridgehead atoms. The summed E-state index contributed by atoms with van der Waals surface area (Å²) >= 11 is 1.21. The van der Waals surface area contributed by atoms with Crippen LogP contribution in [0.2, 0.25) is 0 Å². The van der Waals surface area contributed by atoms with Crippen LogP contribution in [0.3, 0.4) is 0 Å². The Bertz CT molecular complexity index is 1140. The maximum absolute atomic E-state index is 12.3. The molecule has 9 nitrogen and oxygen atoms in total. The molecule has 2 heterocycles. The van der Waals surface area contributed by atoms with E-state index in [1.165, 1.54) is 23.5 Å². The molecular weight excluding hydrogens is 408 g/mol. The average Bonchev–Trinajstić information content (AvgIpc) is 3.30. The first kappa shape index (κ1) is 19.4. The number of carbonyl (C=O) groups excluding carboxylic acids is 3. The molecule has 0 atom stereocenters. The van der Waals surface area contributed by atoms with E-state index in [-0.39, 0.29) is 24.6 Å².